The van der Waals surface area contributed by atoms with Gasteiger partial charge in [0.25, 0.3) is 5.91 Å². The molecule has 3 aromatic rings. The summed E-state index contributed by atoms with van der Waals surface area (Å²) in [6.07, 6.45) is -2.33. The van der Waals surface area contributed by atoms with Gasteiger partial charge in [0.1, 0.15) is 17.7 Å². The second-order valence-electron chi connectivity index (χ2n) is 6.08. The largest absolute Gasteiger partial charge is 0.449 e. The molecule has 3 heterocycles. The molecule has 0 aromatic carbocycles. The van der Waals surface area contributed by atoms with Gasteiger partial charge in [0.05, 0.1) is 6.42 Å². The van der Waals surface area contributed by atoms with Crippen LogP contribution in [0.5, 0.6) is 0 Å². The zero-order chi connectivity index (χ0) is 18.9. The Morgan fingerprint density at radius 1 is 1.27 bits per heavy atom. The number of carbonyl (C=O) groups is 1. The summed E-state index contributed by atoms with van der Waals surface area (Å²) in [4.78, 5) is 24.9. The third-order valence-corrected chi connectivity index (χ3v) is 3.92. The van der Waals surface area contributed by atoms with Crippen LogP contribution >= 0.6 is 0 Å². The highest BCUT2D eigenvalue weighted by atomic mass is 19.4. The Labute approximate surface area is 147 Å². The molecule has 0 saturated carbocycles. The number of H-pyrrole nitrogens is 1. The molecule has 1 amide bonds. The Balaban J connectivity index is 1.86. The number of amides is 1. The van der Waals surface area contributed by atoms with Gasteiger partial charge in [-0.05, 0) is 32.0 Å². The van der Waals surface area contributed by atoms with Gasteiger partial charge in [-0.15, -0.1) is 0 Å². The fourth-order valence-corrected chi connectivity index (χ4v) is 2.63. The molecule has 0 saturated heterocycles. The first-order chi connectivity index (χ1) is 12.3. The summed E-state index contributed by atoms with van der Waals surface area (Å²) >= 11 is 0. The molecule has 0 spiro atoms. The van der Waals surface area contributed by atoms with E-state index in [1.54, 1.807) is 32.2 Å². The molecule has 6 nitrogen and oxygen atoms in total. The van der Waals surface area contributed by atoms with Crippen LogP contribution in [0.25, 0.3) is 22.5 Å². The van der Waals surface area contributed by atoms with Gasteiger partial charge in [-0.3, -0.25) is 4.79 Å². The topological polar surface area (TPSA) is 75.0 Å². The van der Waals surface area contributed by atoms with Gasteiger partial charge in [0.2, 0.25) is 0 Å². The lowest BCUT2D eigenvalue weighted by Gasteiger charge is -2.26. The van der Waals surface area contributed by atoms with Crippen LogP contribution in [0.15, 0.2) is 35.1 Å². The third kappa shape index (κ3) is 3.71. The molecule has 26 heavy (non-hydrogen) atoms. The first-order valence-corrected chi connectivity index (χ1v) is 8.02. The number of hydrogen-bond acceptors (Lipinski definition) is 4. The van der Waals surface area contributed by atoms with Crippen LogP contribution in [0.1, 0.15) is 30.8 Å². The number of rotatable bonds is 5. The monoisotopic (exact) mass is 366 g/mol. The first-order valence-electron chi connectivity index (χ1n) is 8.02. The van der Waals surface area contributed by atoms with Crippen molar-refractivity contribution in [2.75, 3.05) is 6.54 Å². The number of carbonyl (C=O) groups excluding carboxylic acids is 1. The smallest absolute Gasteiger partial charge is 0.390 e. The molecular formula is C17H17F3N4O2. The minimum atomic E-state index is -4.33. The lowest BCUT2D eigenvalue weighted by Crippen LogP contribution is -2.39. The average Bonchev–Trinajstić information content (AvgIpc) is 3.22. The van der Waals surface area contributed by atoms with Crippen molar-refractivity contribution in [1.82, 2.24) is 19.9 Å². The lowest BCUT2D eigenvalue weighted by molar-refractivity contribution is -0.137. The minimum Gasteiger partial charge on any atom is -0.449 e. The summed E-state index contributed by atoms with van der Waals surface area (Å²) in [5, 5.41) is 0.721. The predicted molar refractivity (Wildman–Crippen MR) is 88.4 cm³/mol. The Morgan fingerprint density at radius 3 is 2.73 bits per heavy atom. The van der Waals surface area contributed by atoms with Crippen LogP contribution in [0, 0.1) is 0 Å². The molecule has 0 aliphatic rings. The van der Waals surface area contributed by atoms with Gasteiger partial charge in [-0.25, -0.2) is 9.97 Å². The van der Waals surface area contributed by atoms with E-state index in [1.165, 1.54) is 12.4 Å². The molecule has 0 aliphatic carbocycles. The number of nitrogens with zero attached hydrogens (tertiary/aromatic N) is 3. The maximum absolute atomic E-state index is 12.6. The van der Waals surface area contributed by atoms with Crippen molar-refractivity contribution in [1.29, 1.82) is 0 Å². The molecule has 0 radical (unpaired) electrons. The van der Waals surface area contributed by atoms with Crippen molar-refractivity contribution in [2.45, 2.75) is 32.5 Å². The van der Waals surface area contributed by atoms with Crippen molar-refractivity contribution in [3.63, 3.8) is 0 Å². The fraction of sp³-hybridized carbons (Fsp3) is 0.353. The molecule has 0 fully saturated rings. The molecule has 0 bridgehead atoms. The highest BCUT2D eigenvalue weighted by Crippen LogP contribution is 2.27. The Kier molecular flexibility index (Phi) is 4.71. The molecule has 3 aromatic heterocycles. The summed E-state index contributed by atoms with van der Waals surface area (Å²) in [7, 11) is 0. The number of alkyl halides is 3. The summed E-state index contributed by atoms with van der Waals surface area (Å²) in [6, 6.07) is 4.40. The van der Waals surface area contributed by atoms with Crippen LogP contribution in [-0.4, -0.2) is 44.5 Å². The van der Waals surface area contributed by atoms with Crippen LogP contribution < -0.4 is 0 Å². The van der Waals surface area contributed by atoms with Gasteiger partial charge >= 0.3 is 6.18 Å². The van der Waals surface area contributed by atoms with Crippen molar-refractivity contribution < 1.29 is 22.4 Å². The molecule has 0 unspecified atom stereocenters. The van der Waals surface area contributed by atoms with E-state index in [9.17, 15) is 18.0 Å². The minimum absolute atomic E-state index is 0.0295. The molecule has 138 valence electrons. The predicted octanol–water partition coefficient (Wildman–Crippen LogP) is 4.02. The Hall–Kier alpha value is -2.84. The highest BCUT2D eigenvalue weighted by Gasteiger charge is 2.31. The van der Waals surface area contributed by atoms with E-state index in [0.717, 1.165) is 10.3 Å². The maximum Gasteiger partial charge on any atom is 0.390 e. The summed E-state index contributed by atoms with van der Waals surface area (Å²) in [5.41, 5.74) is 1.12. The van der Waals surface area contributed by atoms with Crippen molar-refractivity contribution in [3.05, 3.63) is 36.5 Å². The van der Waals surface area contributed by atoms with Gasteiger partial charge in [0.15, 0.2) is 11.5 Å². The molecular weight excluding hydrogens is 349 g/mol. The van der Waals surface area contributed by atoms with E-state index < -0.39 is 31.1 Å². The van der Waals surface area contributed by atoms with E-state index >= 15 is 0 Å². The zero-order valence-corrected chi connectivity index (χ0v) is 14.2. The normalized spacial score (nSPS) is 12.1. The van der Waals surface area contributed by atoms with Gasteiger partial charge in [-0.1, -0.05) is 0 Å². The molecule has 1 N–H and O–H groups in total. The number of hydrogen-bond donors (Lipinski definition) is 1. The van der Waals surface area contributed by atoms with Crippen LogP contribution in [0.3, 0.4) is 0 Å². The second kappa shape index (κ2) is 6.81. The van der Waals surface area contributed by atoms with E-state index in [2.05, 4.69) is 15.0 Å². The molecule has 9 heteroatoms. The van der Waals surface area contributed by atoms with Crippen LogP contribution in [0.2, 0.25) is 0 Å². The van der Waals surface area contributed by atoms with Gasteiger partial charge in [-0.2, -0.15) is 13.2 Å². The van der Waals surface area contributed by atoms with E-state index in [-0.39, 0.29) is 5.76 Å². The van der Waals surface area contributed by atoms with Gasteiger partial charge in [0, 0.05) is 24.2 Å². The van der Waals surface area contributed by atoms with Crippen molar-refractivity contribution in [2.24, 2.45) is 0 Å². The Bertz CT molecular complexity index is 914. The fourth-order valence-electron chi connectivity index (χ4n) is 2.63. The van der Waals surface area contributed by atoms with E-state index in [1.807, 2.05) is 0 Å². The molecule has 0 aliphatic heterocycles. The molecule has 0 atom stereocenters. The second-order valence-corrected chi connectivity index (χ2v) is 6.08. The SMILES string of the molecule is CC(C)N(CCC(F)(F)F)C(=O)c1ccc(-c2ncnc3[nH]ccc23)o1. The Morgan fingerprint density at radius 2 is 2.04 bits per heavy atom. The summed E-state index contributed by atoms with van der Waals surface area (Å²) in [6.45, 7) is 2.89. The molecule has 3 rings (SSSR count). The third-order valence-electron chi connectivity index (χ3n) is 3.92. The summed E-state index contributed by atoms with van der Waals surface area (Å²) in [5.74, 6) is -0.270. The highest BCUT2D eigenvalue weighted by molar-refractivity contribution is 5.94. The number of halogens is 3. The number of aromatic nitrogens is 3. The lowest BCUT2D eigenvalue weighted by atomic mass is 10.2. The standard InChI is InChI=1S/C17H17F3N4O2/c1-10(2)24(8-6-17(18,19)20)16(25)13-4-3-12(26-13)14-11-5-7-21-15(11)23-9-22-14/h3-5,7,9-10H,6,8H2,1-2H3,(H,21,22,23). The summed E-state index contributed by atoms with van der Waals surface area (Å²) < 4.78 is 43.1. The quantitative estimate of drug-likeness (QED) is 0.740. The number of aromatic amines is 1. The first kappa shape index (κ1) is 18.0. The van der Waals surface area contributed by atoms with E-state index in [0.29, 0.717) is 17.1 Å². The van der Waals surface area contributed by atoms with Crippen LogP contribution in [-0.2, 0) is 0 Å². The van der Waals surface area contributed by atoms with Crippen LogP contribution in [0.4, 0.5) is 13.2 Å². The van der Waals surface area contributed by atoms with E-state index in [4.69, 9.17) is 4.42 Å². The van der Waals surface area contributed by atoms with Gasteiger partial charge < -0.3 is 14.3 Å². The number of fused-ring (bicyclic) bond motifs is 1. The average molecular weight is 366 g/mol. The van der Waals surface area contributed by atoms with Crippen molar-refractivity contribution >= 4 is 16.9 Å². The number of furan rings is 1. The zero-order valence-electron chi connectivity index (χ0n) is 14.2. The van der Waals surface area contributed by atoms with Crippen molar-refractivity contribution in [3.8, 4) is 11.5 Å². The maximum atomic E-state index is 12.6. The number of nitrogens with one attached hydrogen (secondary N) is 1.